The summed E-state index contributed by atoms with van der Waals surface area (Å²) in [6.45, 7) is 4.66. The first kappa shape index (κ1) is 49.8. The van der Waals surface area contributed by atoms with E-state index in [0.29, 0.717) is 71.1 Å². The minimum Gasteiger partial charge on any atom is -0.481 e. The van der Waals surface area contributed by atoms with Gasteiger partial charge in [0.1, 0.15) is 18.1 Å². The smallest absolute Gasteiger partial charge is 0.326 e. The van der Waals surface area contributed by atoms with E-state index in [1.807, 2.05) is 0 Å². The molecule has 1 aliphatic rings. The molecule has 10 N–H and O–H groups in total. The number of unbranched alkanes of at least 4 members (excludes halogenated alkanes) is 1. The monoisotopic (exact) mass is 840 g/mol. The molecule has 332 valence electrons. The number of hydrogen-bond acceptors (Lipinski definition) is 12. The van der Waals surface area contributed by atoms with Crippen molar-refractivity contribution in [2.45, 2.75) is 95.7 Å². The number of carbonyl (C=O) groups excluding carboxylic acids is 5. The third-order valence-corrected chi connectivity index (χ3v) is 9.33. The molecular formula is C37H60N8O14. The van der Waals surface area contributed by atoms with Crippen LogP contribution in [-0.4, -0.2) is 150 Å². The lowest BCUT2D eigenvalue weighted by Crippen LogP contribution is -2.51. The fraction of sp³-hybridized carbons (Fsp3) is 0.703. The molecule has 1 aliphatic carbocycles. The van der Waals surface area contributed by atoms with Crippen molar-refractivity contribution in [3.8, 4) is 0 Å². The molecule has 22 heteroatoms. The molecule has 1 fully saturated rings. The molecular weight excluding hydrogens is 780 g/mol. The van der Waals surface area contributed by atoms with Crippen LogP contribution < -0.4 is 31.9 Å². The first-order valence-electron chi connectivity index (χ1n) is 19.8. The summed E-state index contributed by atoms with van der Waals surface area (Å²) in [7, 11) is 0. The summed E-state index contributed by atoms with van der Waals surface area (Å²) >= 11 is 0. The van der Waals surface area contributed by atoms with Gasteiger partial charge in [0.05, 0.1) is 46.0 Å². The second-order valence-electron chi connectivity index (χ2n) is 14.1. The van der Waals surface area contributed by atoms with E-state index >= 15 is 0 Å². The number of aromatic amines is 1. The van der Waals surface area contributed by atoms with Crippen molar-refractivity contribution in [1.82, 2.24) is 41.9 Å². The van der Waals surface area contributed by atoms with E-state index in [9.17, 15) is 48.6 Å². The molecule has 59 heavy (non-hydrogen) atoms. The van der Waals surface area contributed by atoms with Crippen LogP contribution in [0.25, 0.3) is 0 Å². The molecule has 1 heterocycles. The Morgan fingerprint density at radius 2 is 1.36 bits per heavy atom. The molecule has 6 amide bonds. The van der Waals surface area contributed by atoms with Gasteiger partial charge < -0.3 is 66.4 Å². The van der Waals surface area contributed by atoms with Crippen molar-refractivity contribution in [1.29, 1.82) is 0 Å². The van der Waals surface area contributed by atoms with E-state index in [0.717, 1.165) is 12.8 Å². The van der Waals surface area contributed by atoms with E-state index in [4.69, 9.17) is 19.3 Å². The van der Waals surface area contributed by atoms with Gasteiger partial charge in [-0.25, -0.2) is 19.4 Å². The van der Waals surface area contributed by atoms with Gasteiger partial charge in [-0.2, -0.15) is 0 Å². The highest BCUT2D eigenvalue weighted by Crippen LogP contribution is 2.28. The molecule has 2 rings (SSSR count). The minimum absolute atomic E-state index is 0.0427. The third kappa shape index (κ3) is 23.0. The Morgan fingerprint density at radius 1 is 0.729 bits per heavy atom. The highest BCUT2D eigenvalue weighted by Gasteiger charge is 2.30. The number of H-pyrrole nitrogens is 1. The maximum Gasteiger partial charge on any atom is 0.326 e. The van der Waals surface area contributed by atoms with Gasteiger partial charge in [0, 0.05) is 63.6 Å². The number of hydrogen-bond donors (Lipinski definition) is 10. The number of nitrogens with one attached hydrogen (secondary N) is 7. The molecule has 0 saturated heterocycles. The zero-order valence-corrected chi connectivity index (χ0v) is 33.5. The van der Waals surface area contributed by atoms with Gasteiger partial charge in [-0.1, -0.05) is 0 Å². The van der Waals surface area contributed by atoms with Crippen LogP contribution in [0.2, 0.25) is 0 Å². The molecule has 0 aromatic carbocycles. The van der Waals surface area contributed by atoms with E-state index in [1.54, 1.807) is 6.20 Å². The van der Waals surface area contributed by atoms with Crippen LogP contribution in [0.15, 0.2) is 12.5 Å². The van der Waals surface area contributed by atoms with Crippen LogP contribution in [-0.2, 0) is 54.2 Å². The molecule has 3 atom stereocenters. The Balaban J connectivity index is 1.68. The maximum absolute atomic E-state index is 13.3. The number of carbonyl (C=O) groups is 8. The fourth-order valence-electron chi connectivity index (χ4n) is 6.05. The Labute approximate surface area is 342 Å². The van der Waals surface area contributed by atoms with Crippen molar-refractivity contribution in [2.75, 3.05) is 59.3 Å². The predicted octanol–water partition coefficient (Wildman–Crippen LogP) is -0.707. The average molecular weight is 841 g/mol. The Hall–Kier alpha value is -5.35. The lowest BCUT2D eigenvalue weighted by Gasteiger charge is -2.29. The van der Waals surface area contributed by atoms with Crippen molar-refractivity contribution < 1.29 is 67.9 Å². The lowest BCUT2D eigenvalue weighted by molar-refractivity contribution is -0.141. The predicted molar refractivity (Wildman–Crippen MR) is 207 cm³/mol. The average Bonchev–Trinajstić information content (AvgIpc) is 3.71. The fourth-order valence-corrected chi connectivity index (χ4v) is 6.05. The number of rotatable bonds is 31. The van der Waals surface area contributed by atoms with Gasteiger partial charge >= 0.3 is 23.9 Å². The number of urea groups is 1. The number of aromatic nitrogens is 2. The first-order chi connectivity index (χ1) is 28.2. The Bertz CT molecular complexity index is 1470. The van der Waals surface area contributed by atoms with E-state index in [1.165, 1.54) is 13.3 Å². The number of aliphatic carboxylic acids is 3. The standard InChI is InChI=1S/C37H60N8O14/c1-24(46)39-13-15-58-17-19-59-18-16-57-14-11-31(47)41-21-25-5-7-26(8-6-25)33(50)43-30(20-27-22-38-23-42-27)34(51)40-12-3-2-4-28(35(52)53)44-37(56)45-29(36(54)55)9-10-32(48)49/h22-23,25-26,28-30H,2-21H2,1H3,(H,38,42)(H,39,46)(H,40,51)(H,41,47)(H,43,50)(H,48,49)(H,52,53)(H,54,55)(H2,44,45,56)/t25?,26?,28-,29-,30+/m0/s1. The van der Waals surface area contributed by atoms with Gasteiger partial charge in [-0.15, -0.1) is 0 Å². The summed E-state index contributed by atoms with van der Waals surface area (Å²) in [6, 6.07) is -4.89. The van der Waals surface area contributed by atoms with Crippen molar-refractivity contribution in [3.05, 3.63) is 18.2 Å². The molecule has 0 aliphatic heterocycles. The zero-order valence-electron chi connectivity index (χ0n) is 33.5. The highest BCUT2D eigenvalue weighted by molar-refractivity contribution is 5.89. The van der Waals surface area contributed by atoms with E-state index in [2.05, 4.69) is 41.9 Å². The van der Waals surface area contributed by atoms with Crippen LogP contribution in [0.4, 0.5) is 4.79 Å². The van der Waals surface area contributed by atoms with Crippen LogP contribution in [0, 0.1) is 11.8 Å². The number of nitrogens with zero attached hydrogens (tertiary/aromatic N) is 1. The number of carboxylic acid groups (broad SMARTS) is 3. The summed E-state index contributed by atoms with van der Waals surface area (Å²) in [6.07, 6.45) is 5.61. The molecule has 22 nitrogen and oxygen atoms in total. The highest BCUT2D eigenvalue weighted by atomic mass is 16.5. The third-order valence-electron chi connectivity index (χ3n) is 9.33. The van der Waals surface area contributed by atoms with Crippen molar-refractivity contribution >= 4 is 47.6 Å². The maximum atomic E-state index is 13.3. The summed E-state index contributed by atoms with van der Waals surface area (Å²) in [5, 5.41) is 43.0. The normalized spacial score (nSPS) is 16.4. The van der Waals surface area contributed by atoms with Crippen LogP contribution in [0.3, 0.4) is 0 Å². The second kappa shape index (κ2) is 29.0. The van der Waals surface area contributed by atoms with Crippen molar-refractivity contribution in [2.24, 2.45) is 11.8 Å². The Kier molecular flexibility index (Phi) is 24.4. The lowest BCUT2D eigenvalue weighted by atomic mass is 9.81. The molecule has 1 aromatic heterocycles. The van der Waals surface area contributed by atoms with E-state index in [-0.39, 0.29) is 74.8 Å². The molecule has 0 unspecified atom stereocenters. The summed E-state index contributed by atoms with van der Waals surface area (Å²) < 4.78 is 16.2. The van der Waals surface area contributed by atoms with Gasteiger partial charge in [-0.3, -0.25) is 24.0 Å². The SMILES string of the molecule is CC(=O)NCCOCCOCCOCCC(=O)NCC1CCC(C(=O)N[C@H](Cc2cnc[nH]2)C(=O)NCCCC[C@H](NC(=O)N[C@@H](CCC(=O)O)C(=O)O)C(=O)O)CC1. The number of imidazole rings is 1. The summed E-state index contributed by atoms with van der Waals surface area (Å²) in [5.74, 6) is -5.14. The topological polar surface area (TPSA) is 326 Å². The summed E-state index contributed by atoms with van der Waals surface area (Å²) in [4.78, 5) is 103. The second-order valence-corrected chi connectivity index (χ2v) is 14.1. The molecule has 0 spiro atoms. The number of carboxylic acids is 3. The van der Waals surface area contributed by atoms with E-state index < -0.39 is 54.4 Å². The molecule has 0 bridgehead atoms. The molecule has 0 radical (unpaired) electrons. The van der Waals surface area contributed by atoms with Gasteiger partial charge in [-0.05, 0) is 57.3 Å². The van der Waals surface area contributed by atoms with Crippen LogP contribution >= 0.6 is 0 Å². The van der Waals surface area contributed by atoms with Gasteiger partial charge in [0.15, 0.2) is 0 Å². The largest absolute Gasteiger partial charge is 0.481 e. The van der Waals surface area contributed by atoms with Crippen molar-refractivity contribution in [3.63, 3.8) is 0 Å². The van der Waals surface area contributed by atoms with Crippen LogP contribution in [0.1, 0.15) is 76.8 Å². The van der Waals surface area contributed by atoms with Gasteiger partial charge in [0.2, 0.25) is 23.6 Å². The molecule has 1 saturated carbocycles. The van der Waals surface area contributed by atoms with Crippen LogP contribution in [0.5, 0.6) is 0 Å². The van der Waals surface area contributed by atoms with Gasteiger partial charge in [0.25, 0.3) is 0 Å². The number of amides is 6. The number of ether oxygens (including phenoxy) is 3. The first-order valence-corrected chi connectivity index (χ1v) is 19.8. The minimum atomic E-state index is -1.52. The summed E-state index contributed by atoms with van der Waals surface area (Å²) in [5.41, 5.74) is 0.628. The quantitative estimate of drug-likeness (QED) is 0.0413. The Morgan fingerprint density at radius 3 is 1.95 bits per heavy atom. The molecule has 1 aromatic rings. The zero-order chi connectivity index (χ0) is 43.4.